The molecule has 5 heteroatoms. The minimum Gasteiger partial charge on any atom is -0.494 e. The van der Waals surface area contributed by atoms with Crippen LogP contribution in [0.1, 0.15) is 13.3 Å². The highest BCUT2D eigenvalue weighted by molar-refractivity contribution is 5.69. The van der Waals surface area contributed by atoms with Crippen molar-refractivity contribution in [1.29, 1.82) is 0 Å². The molecule has 1 aliphatic rings. The first kappa shape index (κ1) is 13.7. The Kier molecular flexibility index (Phi) is 4.63. The molecule has 1 saturated heterocycles. The van der Waals surface area contributed by atoms with Crippen LogP contribution < -0.4 is 15.0 Å². The van der Waals surface area contributed by atoms with Crippen molar-refractivity contribution < 1.29 is 14.6 Å². The van der Waals surface area contributed by atoms with E-state index in [-0.39, 0.29) is 12.5 Å². The Labute approximate surface area is 113 Å². The molecule has 0 aromatic heterocycles. The van der Waals surface area contributed by atoms with Gasteiger partial charge in [0.15, 0.2) is 0 Å². The van der Waals surface area contributed by atoms with Crippen LogP contribution in [0.3, 0.4) is 0 Å². The van der Waals surface area contributed by atoms with Gasteiger partial charge in [0.2, 0.25) is 0 Å². The zero-order valence-corrected chi connectivity index (χ0v) is 11.1. The third-order valence-corrected chi connectivity index (χ3v) is 3.24. The van der Waals surface area contributed by atoms with Gasteiger partial charge in [0, 0.05) is 25.3 Å². The zero-order valence-electron chi connectivity index (χ0n) is 11.1. The highest BCUT2D eigenvalue weighted by atomic mass is 16.5. The number of anilines is 1. The number of hydrogen-bond acceptors (Lipinski definition) is 4. The van der Waals surface area contributed by atoms with E-state index < -0.39 is 5.97 Å². The number of aliphatic carboxylic acids is 1. The van der Waals surface area contributed by atoms with E-state index >= 15 is 0 Å². The molecule has 1 fully saturated rings. The van der Waals surface area contributed by atoms with Crippen LogP contribution in [-0.2, 0) is 4.79 Å². The van der Waals surface area contributed by atoms with Crippen LogP contribution >= 0.6 is 0 Å². The highest BCUT2D eigenvalue weighted by Gasteiger charge is 2.24. The lowest BCUT2D eigenvalue weighted by molar-refractivity contribution is -0.137. The number of carboxylic acid groups (broad SMARTS) is 1. The van der Waals surface area contributed by atoms with Crippen LogP contribution in [0.2, 0.25) is 0 Å². The van der Waals surface area contributed by atoms with Crippen molar-refractivity contribution in [3.8, 4) is 5.75 Å². The van der Waals surface area contributed by atoms with Gasteiger partial charge in [0.25, 0.3) is 0 Å². The molecular formula is C14H20N2O3. The van der Waals surface area contributed by atoms with Gasteiger partial charge in [-0.1, -0.05) is 0 Å². The smallest absolute Gasteiger partial charge is 0.305 e. The summed E-state index contributed by atoms with van der Waals surface area (Å²) in [4.78, 5) is 13.1. The number of ether oxygens (including phenoxy) is 1. The van der Waals surface area contributed by atoms with Crippen LogP contribution in [0.5, 0.6) is 5.75 Å². The van der Waals surface area contributed by atoms with Crippen LogP contribution in [0, 0.1) is 0 Å². The molecule has 0 aliphatic carbocycles. The van der Waals surface area contributed by atoms with E-state index in [1.54, 1.807) is 0 Å². The fourth-order valence-corrected chi connectivity index (χ4v) is 2.39. The number of rotatable bonds is 5. The molecule has 1 atom stereocenters. The number of hydrogen-bond donors (Lipinski definition) is 2. The molecule has 1 unspecified atom stereocenters. The van der Waals surface area contributed by atoms with E-state index in [0.29, 0.717) is 13.2 Å². The number of carboxylic acids is 1. The summed E-state index contributed by atoms with van der Waals surface area (Å²) in [7, 11) is 0. The molecule has 19 heavy (non-hydrogen) atoms. The number of carbonyl (C=O) groups is 1. The van der Waals surface area contributed by atoms with Crippen molar-refractivity contribution in [2.24, 2.45) is 0 Å². The highest BCUT2D eigenvalue weighted by Crippen LogP contribution is 2.23. The van der Waals surface area contributed by atoms with Crippen molar-refractivity contribution in [3.63, 3.8) is 0 Å². The zero-order chi connectivity index (χ0) is 13.7. The van der Waals surface area contributed by atoms with E-state index in [1.165, 1.54) is 0 Å². The first-order valence-electron chi connectivity index (χ1n) is 6.62. The molecule has 0 radical (unpaired) electrons. The molecule has 1 heterocycles. The van der Waals surface area contributed by atoms with Crippen LogP contribution in [0.25, 0.3) is 0 Å². The van der Waals surface area contributed by atoms with Gasteiger partial charge >= 0.3 is 5.97 Å². The Bertz CT molecular complexity index is 419. The Morgan fingerprint density at radius 3 is 2.84 bits per heavy atom. The quantitative estimate of drug-likeness (QED) is 0.840. The first-order chi connectivity index (χ1) is 9.20. The average Bonchev–Trinajstić information content (AvgIpc) is 2.40. The average molecular weight is 264 g/mol. The molecule has 1 aliphatic heterocycles. The summed E-state index contributed by atoms with van der Waals surface area (Å²) in [6.07, 6.45) is 0.153. The molecule has 0 saturated carbocycles. The maximum Gasteiger partial charge on any atom is 0.305 e. The van der Waals surface area contributed by atoms with Crippen molar-refractivity contribution in [2.75, 3.05) is 31.1 Å². The van der Waals surface area contributed by atoms with Gasteiger partial charge in [0.05, 0.1) is 19.1 Å². The van der Waals surface area contributed by atoms with E-state index in [1.807, 2.05) is 31.2 Å². The molecule has 104 valence electrons. The van der Waals surface area contributed by atoms with E-state index in [9.17, 15) is 4.79 Å². The second-order valence-electron chi connectivity index (χ2n) is 4.58. The number of benzene rings is 1. The monoisotopic (exact) mass is 264 g/mol. The molecule has 2 N–H and O–H groups in total. The molecule has 0 spiro atoms. The minimum absolute atomic E-state index is 0.00388. The Morgan fingerprint density at radius 2 is 2.21 bits per heavy atom. The van der Waals surface area contributed by atoms with Crippen molar-refractivity contribution in [2.45, 2.75) is 19.4 Å². The standard InChI is InChI=1S/C14H20N2O3/c1-2-19-13-5-3-11(4-6-13)16-8-7-15-10-12(16)9-14(17)18/h3-6,12,15H,2,7-10H2,1H3,(H,17,18). The lowest BCUT2D eigenvalue weighted by atomic mass is 10.1. The lowest BCUT2D eigenvalue weighted by Crippen LogP contribution is -2.52. The van der Waals surface area contributed by atoms with Crippen LogP contribution in [0.15, 0.2) is 24.3 Å². The van der Waals surface area contributed by atoms with Gasteiger partial charge in [-0.2, -0.15) is 0 Å². The fourth-order valence-electron chi connectivity index (χ4n) is 2.39. The Morgan fingerprint density at radius 1 is 1.47 bits per heavy atom. The first-order valence-corrected chi connectivity index (χ1v) is 6.62. The molecule has 0 amide bonds. The summed E-state index contributed by atoms with van der Waals surface area (Å²) in [6, 6.07) is 7.84. The molecule has 5 nitrogen and oxygen atoms in total. The predicted octanol–water partition coefficient (Wildman–Crippen LogP) is 1.34. The van der Waals surface area contributed by atoms with Gasteiger partial charge in [-0.05, 0) is 31.2 Å². The molecular weight excluding hydrogens is 244 g/mol. The van der Waals surface area contributed by atoms with Crippen molar-refractivity contribution in [3.05, 3.63) is 24.3 Å². The van der Waals surface area contributed by atoms with Crippen molar-refractivity contribution >= 4 is 11.7 Å². The van der Waals surface area contributed by atoms with Crippen LogP contribution in [0.4, 0.5) is 5.69 Å². The second kappa shape index (κ2) is 6.43. The van der Waals surface area contributed by atoms with Gasteiger partial charge in [-0.15, -0.1) is 0 Å². The molecule has 0 bridgehead atoms. The van der Waals surface area contributed by atoms with E-state index in [2.05, 4.69) is 10.2 Å². The third kappa shape index (κ3) is 3.61. The summed E-state index contributed by atoms with van der Waals surface area (Å²) < 4.78 is 5.41. The molecule has 1 aromatic carbocycles. The minimum atomic E-state index is -0.760. The van der Waals surface area contributed by atoms with E-state index in [4.69, 9.17) is 9.84 Å². The summed E-state index contributed by atoms with van der Waals surface area (Å²) in [5.74, 6) is 0.0841. The summed E-state index contributed by atoms with van der Waals surface area (Å²) in [5, 5.41) is 12.2. The number of nitrogens with zero attached hydrogens (tertiary/aromatic N) is 1. The summed E-state index contributed by atoms with van der Waals surface area (Å²) >= 11 is 0. The summed E-state index contributed by atoms with van der Waals surface area (Å²) in [6.45, 7) is 5.01. The number of nitrogens with one attached hydrogen (secondary N) is 1. The molecule has 2 rings (SSSR count). The van der Waals surface area contributed by atoms with Gasteiger partial charge in [-0.3, -0.25) is 4.79 Å². The maximum atomic E-state index is 10.9. The third-order valence-electron chi connectivity index (χ3n) is 3.24. The van der Waals surface area contributed by atoms with Gasteiger partial charge < -0.3 is 20.1 Å². The number of piperazine rings is 1. The van der Waals surface area contributed by atoms with Crippen LogP contribution in [-0.4, -0.2) is 43.4 Å². The summed E-state index contributed by atoms with van der Waals surface area (Å²) in [5.41, 5.74) is 1.05. The Hall–Kier alpha value is -1.75. The fraction of sp³-hybridized carbons (Fsp3) is 0.500. The Balaban J connectivity index is 2.10. The predicted molar refractivity (Wildman–Crippen MR) is 73.9 cm³/mol. The van der Waals surface area contributed by atoms with Gasteiger partial charge in [0.1, 0.15) is 5.75 Å². The largest absolute Gasteiger partial charge is 0.494 e. The van der Waals surface area contributed by atoms with Gasteiger partial charge in [-0.25, -0.2) is 0 Å². The lowest BCUT2D eigenvalue weighted by Gasteiger charge is -2.37. The topological polar surface area (TPSA) is 61.8 Å². The second-order valence-corrected chi connectivity index (χ2v) is 4.58. The normalized spacial score (nSPS) is 19.2. The molecule has 1 aromatic rings. The SMILES string of the molecule is CCOc1ccc(N2CCNCC2CC(=O)O)cc1. The maximum absolute atomic E-state index is 10.9. The van der Waals surface area contributed by atoms with E-state index in [0.717, 1.165) is 24.5 Å². The van der Waals surface area contributed by atoms with Crippen molar-refractivity contribution in [1.82, 2.24) is 5.32 Å².